The molecule has 0 bridgehead atoms. The third kappa shape index (κ3) is 4.82. The first-order valence-corrected chi connectivity index (χ1v) is 7.65. The standard InChI is InChI=1S/C16H20F2N4O2/c1-10(2)16-19-13(20-21-16)9-22(7-6-14(23)24)8-11-4-3-5-12(17)15(11)18/h3-5,10H,6-9H2,1-2H3,(H,23,24)(H,19,20,21). The van der Waals surface area contributed by atoms with E-state index in [0.29, 0.717) is 11.6 Å². The molecule has 0 radical (unpaired) electrons. The molecule has 0 amide bonds. The van der Waals surface area contributed by atoms with E-state index in [1.165, 1.54) is 12.1 Å². The summed E-state index contributed by atoms with van der Waals surface area (Å²) in [5.41, 5.74) is 0.170. The molecule has 8 heteroatoms. The van der Waals surface area contributed by atoms with Crippen LogP contribution in [0.1, 0.15) is 43.4 Å². The Bertz CT molecular complexity index is 703. The van der Waals surface area contributed by atoms with E-state index >= 15 is 0 Å². The third-order valence-electron chi connectivity index (χ3n) is 3.51. The molecular formula is C16H20F2N4O2. The molecule has 0 fully saturated rings. The number of benzene rings is 1. The molecule has 0 saturated heterocycles. The van der Waals surface area contributed by atoms with Crippen LogP contribution < -0.4 is 0 Å². The van der Waals surface area contributed by atoms with Gasteiger partial charge in [-0.1, -0.05) is 26.0 Å². The van der Waals surface area contributed by atoms with Crippen molar-refractivity contribution in [3.05, 3.63) is 47.0 Å². The second-order valence-corrected chi connectivity index (χ2v) is 5.86. The molecule has 0 aliphatic carbocycles. The summed E-state index contributed by atoms with van der Waals surface area (Å²) in [6, 6.07) is 3.95. The van der Waals surface area contributed by atoms with Gasteiger partial charge in [-0.2, -0.15) is 5.10 Å². The molecule has 1 aromatic carbocycles. The van der Waals surface area contributed by atoms with Crippen LogP contribution in [0.2, 0.25) is 0 Å². The number of aliphatic carboxylic acids is 1. The lowest BCUT2D eigenvalue weighted by molar-refractivity contribution is -0.137. The molecule has 2 aromatic rings. The van der Waals surface area contributed by atoms with Crippen molar-refractivity contribution in [2.24, 2.45) is 0 Å². The van der Waals surface area contributed by atoms with Crippen molar-refractivity contribution in [2.45, 2.75) is 39.3 Å². The van der Waals surface area contributed by atoms with Gasteiger partial charge in [0.05, 0.1) is 13.0 Å². The van der Waals surface area contributed by atoms with Crippen molar-refractivity contribution in [3.8, 4) is 0 Å². The second kappa shape index (κ2) is 7.96. The van der Waals surface area contributed by atoms with Gasteiger partial charge >= 0.3 is 5.97 Å². The Balaban J connectivity index is 2.14. The predicted molar refractivity (Wildman–Crippen MR) is 83.2 cm³/mol. The molecule has 24 heavy (non-hydrogen) atoms. The summed E-state index contributed by atoms with van der Waals surface area (Å²) in [4.78, 5) is 16.9. The van der Waals surface area contributed by atoms with Crippen LogP contribution >= 0.6 is 0 Å². The number of nitrogens with one attached hydrogen (secondary N) is 1. The van der Waals surface area contributed by atoms with Gasteiger partial charge in [-0.15, -0.1) is 0 Å². The number of carboxylic acid groups (broad SMARTS) is 1. The molecule has 0 aliphatic heterocycles. The summed E-state index contributed by atoms with van der Waals surface area (Å²) in [6.07, 6.45) is -0.109. The van der Waals surface area contributed by atoms with Crippen LogP contribution in [0, 0.1) is 11.6 Å². The Kier molecular flexibility index (Phi) is 5.97. The lowest BCUT2D eigenvalue weighted by atomic mass is 10.2. The van der Waals surface area contributed by atoms with Crippen molar-refractivity contribution >= 4 is 5.97 Å². The van der Waals surface area contributed by atoms with E-state index in [1.807, 2.05) is 13.8 Å². The topological polar surface area (TPSA) is 82.1 Å². The molecule has 2 N–H and O–H groups in total. The van der Waals surface area contributed by atoms with Crippen molar-refractivity contribution in [1.82, 2.24) is 20.1 Å². The monoisotopic (exact) mass is 338 g/mol. The first-order valence-electron chi connectivity index (χ1n) is 7.65. The van der Waals surface area contributed by atoms with Gasteiger partial charge in [-0.3, -0.25) is 14.8 Å². The zero-order valence-corrected chi connectivity index (χ0v) is 13.6. The summed E-state index contributed by atoms with van der Waals surface area (Å²) >= 11 is 0. The smallest absolute Gasteiger partial charge is 0.304 e. The summed E-state index contributed by atoms with van der Waals surface area (Å²) < 4.78 is 27.2. The molecule has 6 nitrogen and oxygen atoms in total. The van der Waals surface area contributed by atoms with Crippen LogP contribution in [-0.2, 0) is 17.9 Å². The Morgan fingerprint density at radius 1 is 1.33 bits per heavy atom. The lowest BCUT2D eigenvalue weighted by Gasteiger charge is -2.20. The second-order valence-electron chi connectivity index (χ2n) is 5.86. The number of H-pyrrole nitrogens is 1. The molecule has 2 rings (SSSR count). The predicted octanol–water partition coefficient (Wildman–Crippen LogP) is 2.68. The van der Waals surface area contributed by atoms with Crippen molar-refractivity contribution in [3.63, 3.8) is 0 Å². The Hall–Kier alpha value is -2.35. The summed E-state index contributed by atoms with van der Waals surface area (Å²) in [5, 5.41) is 15.8. The molecule has 0 spiro atoms. The summed E-state index contributed by atoms with van der Waals surface area (Å²) in [5.74, 6) is -1.44. The minimum Gasteiger partial charge on any atom is -0.481 e. The zero-order chi connectivity index (χ0) is 17.7. The van der Waals surface area contributed by atoms with E-state index in [4.69, 9.17) is 5.11 Å². The molecule has 1 aromatic heterocycles. The van der Waals surface area contributed by atoms with Crippen LogP contribution in [-0.4, -0.2) is 37.7 Å². The number of carboxylic acids is 1. The molecule has 0 atom stereocenters. The average molecular weight is 338 g/mol. The van der Waals surface area contributed by atoms with Gasteiger partial charge < -0.3 is 5.11 Å². The highest BCUT2D eigenvalue weighted by molar-refractivity contribution is 5.66. The average Bonchev–Trinajstić information content (AvgIpc) is 2.98. The van der Waals surface area contributed by atoms with E-state index in [9.17, 15) is 13.6 Å². The number of halogens is 2. The van der Waals surface area contributed by atoms with E-state index < -0.39 is 17.6 Å². The van der Waals surface area contributed by atoms with Gasteiger partial charge in [-0.25, -0.2) is 13.8 Å². The first kappa shape index (κ1) is 18.0. The van der Waals surface area contributed by atoms with E-state index in [2.05, 4.69) is 15.2 Å². The SMILES string of the molecule is CC(C)c1n[nH]c(CN(CCC(=O)O)Cc2cccc(F)c2F)n1. The van der Waals surface area contributed by atoms with Crippen LogP contribution in [0.5, 0.6) is 0 Å². The van der Waals surface area contributed by atoms with Gasteiger partial charge in [-0.05, 0) is 6.07 Å². The lowest BCUT2D eigenvalue weighted by Crippen LogP contribution is -2.27. The van der Waals surface area contributed by atoms with E-state index in [0.717, 1.165) is 6.07 Å². The highest BCUT2D eigenvalue weighted by Gasteiger charge is 2.16. The Morgan fingerprint density at radius 3 is 2.71 bits per heavy atom. The first-order chi connectivity index (χ1) is 11.4. The highest BCUT2D eigenvalue weighted by Crippen LogP contribution is 2.16. The fourth-order valence-corrected chi connectivity index (χ4v) is 2.23. The molecular weight excluding hydrogens is 318 g/mol. The van der Waals surface area contributed by atoms with Crippen LogP contribution in [0.4, 0.5) is 8.78 Å². The number of nitrogens with zero attached hydrogens (tertiary/aromatic N) is 3. The quantitative estimate of drug-likeness (QED) is 0.773. The number of aromatic nitrogens is 3. The number of aromatic amines is 1. The highest BCUT2D eigenvalue weighted by atomic mass is 19.2. The molecule has 0 saturated carbocycles. The Morgan fingerprint density at radius 2 is 2.08 bits per heavy atom. The maximum atomic E-state index is 13.9. The van der Waals surface area contributed by atoms with Gasteiger partial charge in [0.2, 0.25) is 0 Å². The van der Waals surface area contributed by atoms with Crippen molar-refractivity contribution in [1.29, 1.82) is 0 Å². The number of hydrogen-bond acceptors (Lipinski definition) is 4. The molecule has 0 unspecified atom stereocenters. The maximum absolute atomic E-state index is 13.9. The number of carbonyl (C=O) groups is 1. The summed E-state index contributed by atoms with van der Waals surface area (Å²) in [7, 11) is 0. The van der Waals surface area contributed by atoms with Crippen molar-refractivity contribution < 1.29 is 18.7 Å². The van der Waals surface area contributed by atoms with Crippen LogP contribution in [0.3, 0.4) is 0 Å². The van der Waals surface area contributed by atoms with Crippen LogP contribution in [0.15, 0.2) is 18.2 Å². The van der Waals surface area contributed by atoms with Gasteiger partial charge in [0.15, 0.2) is 17.5 Å². The van der Waals surface area contributed by atoms with E-state index in [1.54, 1.807) is 4.90 Å². The van der Waals surface area contributed by atoms with Crippen LogP contribution in [0.25, 0.3) is 0 Å². The number of rotatable bonds is 8. The zero-order valence-electron chi connectivity index (χ0n) is 13.6. The third-order valence-corrected chi connectivity index (χ3v) is 3.51. The van der Waals surface area contributed by atoms with Gasteiger partial charge in [0.1, 0.15) is 5.82 Å². The minimum absolute atomic E-state index is 0.0780. The number of hydrogen-bond donors (Lipinski definition) is 2. The molecule has 0 aliphatic rings. The fraction of sp³-hybridized carbons (Fsp3) is 0.438. The van der Waals surface area contributed by atoms with Gasteiger partial charge in [0, 0.05) is 24.6 Å². The molecule has 1 heterocycles. The summed E-state index contributed by atoms with van der Waals surface area (Å²) in [6.45, 7) is 4.44. The largest absolute Gasteiger partial charge is 0.481 e. The van der Waals surface area contributed by atoms with E-state index in [-0.39, 0.29) is 37.5 Å². The van der Waals surface area contributed by atoms with Crippen molar-refractivity contribution in [2.75, 3.05) is 6.54 Å². The maximum Gasteiger partial charge on any atom is 0.304 e. The minimum atomic E-state index is -0.958. The fourth-order valence-electron chi connectivity index (χ4n) is 2.23. The van der Waals surface area contributed by atoms with Gasteiger partial charge in [0.25, 0.3) is 0 Å². The molecule has 130 valence electrons. The normalized spacial score (nSPS) is 11.4. The Labute approximate surface area is 138 Å².